The molecule has 1 saturated heterocycles. The molecule has 7 heteroatoms. The van der Waals surface area contributed by atoms with Gasteiger partial charge in [-0.05, 0) is 53.1 Å². The Kier molecular flexibility index (Phi) is 6.06. The van der Waals surface area contributed by atoms with Crippen LogP contribution in [0, 0.1) is 0 Å². The zero-order chi connectivity index (χ0) is 21.3. The molecule has 3 aromatic rings. The van der Waals surface area contributed by atoms with Crippen LogP contribution in [0.5, 0.6) is 0 Å². The summed E-state index contributed by atoms with van der Waals surface area (Å²) < 4.78 is 6.27. The van der Waals surface area contributed by atoms with Crippen molar-refractivity contribution in [2.45, 2.75) is 24.4 Å². The molecular weight excluding hydrogens is 423 g/mol. The van der Waals surface area contributed by atoms with Crippen LogP contribution in [0.15, 0.2) is 73.1 Å². The van der Waals surface area contributed by atoms with E-state index in [2.05, 4.69) is 4.98 Å². The number of likely N-dealkylation sites (N-methyl/N-ethyl adjacent to an activating group) is 1. The standard InChI is InChI=1S/C23H20Cl2N2O3/c1-27-19(14-2-6-17(24)7-3-14)21(16-4-8-18(25)9-5-16)30-22(23(27)29)20(28)15-10-12-26-13-11-15/h2-13,19-22,28H,1H3/t19?,20?,21-,22-/m0/s1. The van der Waals surface area contributed by atoms with Gasteiger partial charge >= 0.3 is 0 Å². The summed E-state index contributed by atoms with van der Waals surface area (Å²) in [6.07, 6.45) is 0.462. The predicted molar refractivity (Wildman–Crippen MR) is 115 cm³/mol. The van der Waals surface area contributed by atoms with Crippen molar-refractivity contribution in [3.8, 4) is 0 Å². The van der Waals surface area contributed by atoms with Gasteiger partial charge in [-0.25, -0.2) is 0 Å². The number of amides is 1. The number of morpholine rings is 1. The fourth-order valence-corrected chi connectivity index (χ4v) is 4.00. The minimum absolute atomic E-state index is 0.301. The van der Waals surface area contributed by atoms with E-state index in [-0.39, 0.29) is 5.91 Å². The first-order chi connectivity index (χ1) is 14.5. The number of aliphatic hydroxyl groups is 1. The van der Waals surface area contributed by atoms with E-state index in [4.69, 9.17) is 27.9 Å². The molecule has 2 aromatic carbocycles. The summed E-state index contributed by atoms with van der Waals surface area (Å²) in [5.74, 6) is -0.301. The lowest BCUT2D eigenvalue weighted by Gasteiger charge is -2.44. The highest BCUT2D eigenvalue weighted by atomic mass is 35.5. The molecule has 2 unspecified atom stereocenters. The third-order valence-electron chi connectivity index (χ3n) is 5.33. The van der Waals surface area contributed by atoms with Crippen LogP contribution in [-0.4, -0.2) is 34.0 Å². The number of halogens is 2. The molecule has 5 nitrogen and oxygen atoms in total. The number of hydrogen-bond donors (Lipinski definition) is 1. The van der Waals surface area contributed by atoms with E-state index in [0.717, 1.165) is 11.1 Å². The summed E-state index contributed by atoms with van der Waals surface area (Å²) in [6, 6.07) is 17.6. The largest absolute Gasteiger partial charge is 0.385 e. The van der Waals surface area contributed by atoms with E-state index in [1.54, 1.807) is 60.7 Å². The van der Waals surface area contributed by atoms with Gasteiger partial charge in [0.1, 0.15) is 12.2 Å². The quantitative estimate of drug-likeness (QED) is 0.632. The molecule has 0 spiro atoms. The van der Waals surface area contributed by atoms with E-state index >= 15 is 0 Å². The van der Waals surface area contributed by atoms with Gasteiger partial charge in [0.25, 0.3) is 5.91 Å². The monoisotopic (exact) mass is 442 g/mol. The fraction of sp³-hybridized carbons (Fsp3) is 0.217. The van der Waals surface area contributed by atoms with Gasteiger partial charge in [0.15, 0.2) is 6.10 Å². The highest BCUT2D eigenvalue weighted by Crippen LogP contribution is 2.43. The maximum absolute atomic E-state index is 13.2. The Hall–Kier alpha value is -2.44. The van der Waals surface area contributed by atoms with Crippen LogP contribution in [0.1, 0.15) is 34.9 Å². The topological polar surface area (TPSA) is 62.7 Å². The van der Waals surface area contributed by atoms with Crippen molar-refractivity contribution in [1.82, 2.24) is 9.88 Å². The van der Waals surface area contributed by atoms with E-state index in [1.165, 1.54) is 0 Å². The number of hydrogen-bond acceptors (Lipinski definition) is 4. The highest BCUT2D eigenvalue weighted by Gasteiger charge is 2.45. The van der Waals surface area contributed by atoms with E-state index in [9.17, 15) is 9.90 Å². The number of aromatic nitrogens is 1. The summed E-state index contributed by atoms with van der Waals surface area (Å²) in [5, 5.41) is 12.1. The first kappa shape index (κ1) is 20.8. The van der Waals surface area contributed by atoms with E-state index < -0.39 is 24.4 Å². The third-order valence-corrected chi connectivity index (χ3v) is 5.84. The number of pyridine rings is 1. The van der Waals surface area contributed by atoms with Crippen LogP contribution in [-0.2, 0) is 9.53 Å². The second-order valence-electron chi connectivity index (χ2n) is 7.20. The van der Waals surface area contributed by atoms with E-state index in [1.807, 2.05) is 24.3 Å². The van der Waals surface area contributed by atoms with Gasteiger partial charge < -0.3 is 14.7 Å². The van der Waals surface area contributed by atoms with Crippen molar-refractivity contribution in [3.05, 3.63) is 99.8 Å². The normalized spacial score (nSPS) is 22.7. The Morgan fingerprint density at radius 2 is 1.47 bits per heavy atom. The Labute approximate surface area is 184 Å². The van der Waals surface area contributed by atoms with Gasteiger partial charge in [-0.3, -0.25) is 9.78 Å². The number of nitrogens with zero attached hydrogens (tertiary/aromatic N) is 2. The van der Waals surface area contributed by atoms with Gasteiger partial charge in [0.2, 0.25) is 0 Å². The number of ether oxygens (including phenoxy) is 1. The Morgan fingerprint density at radius 1 is 0.933 bits per heavy atom. The number of carbonyl (C=O) groups is 1. The van der Waals surface area contributed by atoms with Gasteiger partial charge in [0, 0.05) is 29.5 Å². The summed E-state index contributed by atoms with van der Waals surface area (Å²) in [6.45, 7) is 0. The van der Waals surface area contributed by atoms with Crippen molar-refractivity contribution in [2.24, 2.45) is 0 Å². The van der Waals surface area contributed by atoms with Crippen LogP contribution in [0.3, 0.4) is 0 Å². The van der Waals surface area contributed by atoms with Crippen molar-refractivity contribution in [3.63, 3.8) is 0 Å². The number of benzene rings is 2. The average molecular weight is 443 g/mol. The Balaban J connectivity index is 1.74. The maximum Gasteiger partial charge on any atom is 0.255 e. The van der Waals surface area contributed by atoms with Crippen LogP contribution < -0.4 is 0 Å². The molecular formula is C23H20Cl2N2O3. The molecule has 2 heterocycles. The van der Waals surface area contributed by atoms with Crippen LogP contribution >= 0.6 is 23.2 Å². The SMILES string of the molecule is CN1C(=O)[C@H](C(O)c2ccncc2)O[C@@H](c2ccc(Cl)cc2)C1c1ccc(Cl)cc1. The first-order valence-electron chi connectivity index (χ1n) is 9.47. The van der Waals surface area contributed by atoms with Gasteiger partial charge in [-0.1, -0.05) is 47.5 Å². The molecule has 1 fully saturated rings. The molecule has 0 radical (unpaired) electrons. The van der Waals surface area contributed by atoms with Gasteiger partial charge in [-0.15, -0.1) is 0 Å². The summed E-state index contributed by atoms with van der Waals surface area (Å²) in [5.41, 5.74) is 2.30. The average Bonchev–Trinajstić information content (AvgIpc) is 2.77. The van der Waals surface area contributed by atoms with Gasteiger partial charge in [0.05, 0.1) is 6.04 Å². The highest BCUT2D eigenvalue weighted by molar-refractivity contribution is 6.30. The van der Waals surface area contributed by atoms with Crippen molar-refractivity contribution >= 4 is 29.1 Å². The summed E-state index contributed by atoms with van der Waals surface area (Å²) in [4.78, 5) is 18.8. The number of carbonyl (C=O) groups excluding carboxylic acids is 1. The lowest BCUT2D eigenvalue weighted by molar-refractivity contribution is -0.185. The molecule has 1 aliphatic rings. The molecule has 154 valence electrons. The molecule has 0 aliphatic carbocycles. The van der Waals surface area contributed by atoms with Crippen LogP contribution in [0.25, 0.3) is 0 Å². The lowest BCUT2D eigenvalue weighted by Crippen LogP contribution is -2.51. The minimum Gasteiger partial charge on any atom is -0.385 e. The molecule has 30 heavy (non-hydrogen) atoms. The van der Waals surface area contributed by atoms with Gasteiger partial charge in [-0.2, -0.15) is 0 Å². The zero-order valence-electron chi connectivity index (χ0n) is 16.2. The van der Waals surface area contributed by atoms with Crippen LogP contribution in [0.2, 0.25) is 10.0 Å². The molecule has 1 N–H and O–H groups in total. The smallest absolute Gasteiger partial charge is 0.255 e. The molecule has 1 aliphatic heterocycles. The first-order valence-corrected chi connectivity index (χ1v) is 10.2. The molecule has 1 aromatic heterocycles. The number of rotatable bonds is 4. The maximum atomic E-state index is 13.2. The van der Waals surface area contributed by atoms with Crippen molar-refractivity contribution < 1.29 is 14.6 Å². The molecule has 0 bridgehead atoms. The zero-order valence-corrected chi connectivity index (χ0v) is 17.7. The lowest BCUT2D eigenvalue weighted by atomic mass is 9.90. The summed E-state index contributed by atoms with van der Waals surface area (Å²) >= 11 is 12.1. The molecule has 4 rings (SSSR count). The third kappa shape index (κ3) is 4.07. The summed E-state index contributed by atoms with van der Waals surface area (Å²) in [7, 11) is 1.72. The second-order valence-corrected chi connectivity index (χ2v) is 8.07. The molecule has 1 amide bonds. The van der Waals surface area contributed by atoms with E-state index in [0.29, 0.717) is 15.6 Å². The molecule has 0 saturated carbocycles. The Bertz CT molecular complexity index is 1010. The number of aliphatic hydroxyl groups excluding tert-OH is 1. The van der Waals surface area contributed by atoms with Crippen molar-refractivity contribution in [1.29, 1.82) is 0 Å². The van der Waals surface area contributed by atoms with Crippen molar-refractivity contribution in [2.75, 3.05) is 7.05 Å². The second kappa shape index (κ2) is 8.74. The Morgan fingerprint density at radius 3 is 2.03 bits per heavy atom. The minimum atomic E-state index is -1.12. The fourth-order valence-electron chi connectivity index (χ4n) is 3.75. The molecule has 4 atom stereocenters. The predicted octanol–water partition coefficient (Wildman–Crippen LogP) is 4.76. The van der Waals surface area contributed by atoms with Crippen LogP contribution in [0.4, 0.5) is 0 Å².